The van der Waals surface area contributed by atoms with Crippen molar-refractivity contribution in [3.8, 4) is 17.3 Å². The Morgan fingerprint density at radius 2 is 1.93 bits per heavy atom. The van der Waals surface area contributed by atoms with Gasteiger partial charge in [-0.1, -0.05) is 41.9 Å². The van der Waals surface area contributed by atoms with Crippen LogP contribution >= 0.6 is 11.6 Å². The number of anilines is 1. The van der Waals surface area contributed by atoms with Gasteiger partial charge in [-0.2, -0.15) is 9.97 Å². The average molecular weight is 384 g/mol. The lowest BCUT2D eigenvalue weighted by Gasteiger charge is -2.12. The Morgan fingerprint density at radius 3 is 2.67 bits per heavy atom. The molecule has 0 spiro atoms. The van der Waals surface area contributed by atoms with Gasteiger partial charge in [0.15, 0.2) is 0 Å². The molecule has 1 heterocycles. The molecule has 0 aliphatic heterocycles. The zero-order chi connectivity index (χ0) is 19.2. The number of ether oxygens (including phenoxy) is 1. The van der Waals surface area contributed by atoms with Gasteiger partial charge in [0.1, 0.15) is 5.82 Å². The summed E-state index contributed by atoms with van der Waals surface area (Å²) in [6.07, 6.45) is 0.785. The van der Waals surface area contributed by atoms with E-state index in [1.807, 2.05) is 42.5 Å². The van der Waals surface area contributed by atoms with Crippen LogP contribution in [0.15, 0.2) is 48.5 Å². The minimum atomic E-state index is -0.0155. The van der Waals surface area contributed by atoms with Crippen molar-refractivity contribution in [1.29, 1.82) is 0 Å². The monoisotopic (exact) mass is 383 g/mol. The van der Waals surface area contributed by atoms with Gasteiger partial charge in [0.05, 0.1) is 19.4 Å². The Balaban J connectivity index is 1.79. The van der Waals surface area contributed by atoms with Crippen LogP contribution in [0.2, 0.25) is 5.02 Å². The number of halogens is 1. The molecule has 0 aliphatic rings. The molecule has 5 nitrogen and oxygen atoms in total. The maximum atomic E-state index is 9.35. The summed E-state index contributed by atoms with van der Waals surface area (Å²) in [5.74, 6) is 0.677. The molecule has 0 saturated carbocycles. The minimum absolute atomic E-state index is 0.0155. The van der Waals surface area contributed by atoms with Crippen LogP contribution in [0.5, 0.6) is 6.01 Å². The van der Waals surface area contributed by atoms with Gasteiger partial charge in [0, 0.05) is 23.2 Å². The van der Waals surface area contributed by atoms with E-state index in [9.17, 15) is 5.11 Å². The van der Waals surface area contributed by atoms with Crippen molar-refractivity contribution in [1.82, 2.24) is 9.97 Å². The third-order valence-electron chi connectivity index (χ3n) is 4.33. The Bertz CT molecular complexity index is 911. The number of nitrogens with one attached hydrogen (secondary N) is 1. The molecular formula is C21H22ClN3O2. The molecule has 0 saturated heterocycles. The molecule has 140 valence electrons. The Kier molecular flexibility index (Phi) is 6.27. The predicted octanol–water partition coefficient (Wildman–Crippen LogP) is 4.26. The first-order valence-electron chi connectivity index (χ1n) is 8.72. The molecule has 2 N–H and O–H groups in total. The molecule has 27 heavy (non-hydrogen) atoms. The fourth-order valence-electron chi connectivity index (χ4n) is 2.88. The smallest absolute Gasteiger partial charge is 0.318 e. The van der Waals surface area contributed by atoms with Gasteiger partial charge in [-0.25, -0.2) is 0 Å². The fraction of sp³-hybridized carbons (Fsp3) is 0.238. The van der Waals surface area contributed by atoms with Gasteiger partial charge in [-0.3, -0.25) is 0 Å². The number of nitrogens with zero attached hydrogens (tertiary/aromatic N) is 2. The van der Waals surface area contributed by atoms with Crippen LogP contribution < -0.4 is 10.1 Å². The van der Waals surface area contributed by atoms with Crippen LogP contribution in [0.1, 0.15) is 16.7 Å². The molecule has 6 heteroatoms. The maximum absolute atomic E-state index is 9.35. The SMILES string of the molecule is COc1nc(NCCc2c(C)cccc2Cl)cc(-c2cccc(CO)c2)n1. The van der Waals surface area contributed by atoms with Crippen molar-refractivity contribution >= 4 is 17.4 Å². The number of aliphatic hydroxyl groups excluding tert-OH is 1. The molecule has 0 atom stereocenters. The molecule has 1 aromatic heterocycles. The second kappa shape index (κ2) is 8.84. The molecular weight excluding hydrogens is 362 g/mol. The Morgan fingerprint density at radius 1 is 1.11 bits per heavy atom. The molecule has 0 fully saturated rings. The van der Waals surface area contributed by atoms with Crippen molar-refractivity contribution in [2.75, 3.05) is 19.0 Å². The summed E-state index contributed by atoms with van der Waals surface area (Å²) in [4.78, 5) is 8.79. The lowest BCUT2D eigenvalue weighted by atomic mass is 10.1. The first-order valence-corrected chi connectivity index (χ1v) is 9.09. The van der Waals surface area contributed by atoms with Gasteiger partial charge >= 0.3 is 6.01 Å². The summed E-state index contributed by atoms with van der Waals surface area (Å²) in [5.41, 5.74) is 4.75. The van der Waals surface area contributed by atoms with E-state index in [0.29, 0.717) is 18.4 Å². The molecule has 3 aromatic rings. The van der Waals surface area contributed by atoms with E-state index in [-0.39, 0.29) is 6.61 Å². The van der Waals surface area contributed by atoms with Crippen LogP contribution in [0.3, 0.4) is 0 Å². The van der Waals surface area contributed by atoms with Crippen LogP contribution in [-0.4, -0.2) is 28.7 Å². The average Bonchev–Trinajstić information content (AvgIpc) is 2.70. The predicted molar refractivity (Wildman–Crippen MR) is 108 cm³/mol. The highest BCUT2D eigenvalue weighted by Gasteiger charge is 2.09. The zero-order valence-corrected chi connectivity index (χ0v) is 16.1. The highest BCUT2D eigenvalue weighted by molar-refractivity contribution is 6.31. The van der Waals surface area contributed by atoms with Crippen LogP contribution in [0.25, 0.3) is 11.3 Å². The molecule has 0 amide bonds. The van der Waals surface area contributed by atoms with Crippen molar-refractivity contribution < 1.29 is 9.84 Å². The van der Waals surface area contributed by atoms with Gasteiger partial charge in [0.2, 0.25) is 0 Å². The second-order valence-electron chi connectivity index (χ2n) is 6.20. The molecule has 0 bridgehead atoms. The third kappa shape index (κ3) is 4.76. The number of aryl methyl sites for hydroxylation is 1. The van der Waals surface area contributed by atoms with Gasteiger partial charge in [0.25, 0.3) is 0 Å². The van der Waals surface area contributed by atoms with Crippen LogP contribution in [-0.2, 0) is 13.0 Å². The first kappa shape index (κ1) is 19.1. The number of hydrogen-bond donors (Lipinski definition) is 2. The first-order chi connectivity index (χ1) is 13.1. The van der Waals surface area contributed by atoms with E-state index in [0.717, 1.165) is 33.8 Å². The summed E-state index contributed by atoms with van der Waals surface area (Å²) >= 11 is 6.30. The van der Waals surface area contributed by atoms with Gasteiger partial charge in [-0.05, 0) is 42.2 Å². The Hall–Kier alpha value is -2.63. The maximum Gasteiger partial charge on any atom is 0.318 e. The normalized spacial score (nSPS) is 10.7. The number of aliphatic hydroxyl groups is 1. The summed E-state index contributed by atoms with van der Waals surface area (Å²) < 4.78 is 5.24. The van der Waals surface area contributed by atoms with Crippen LogP contribution in [0.4, 0.5) is 5.82 Å². The highest BCUT2D eigenvalue weighted by Crippen LogP contribution is 2.24. The van der Waals surface area contributed by atoms with E-state index < -0.39 is 0 Å². The number of rotatable bonds is 7. The quantitative estimate of drug-likeness (QED) is 0.638. The van der Waals surface area contributed by atoms with E-state index in [4.69, 9.17) is 16.3 Å². The summed E-state index contributed by atoms with van der Waals surface area (Å²) in [7, 11) is 1.54. The largest absolute Gasteiger partial charge is 0.467 e. The van der Waals surface area contributed by atoms with Crippen LogP contribution in [0, 0.1) is 6.92 Å². The lowest BCUT2D eigenvalue weighted by molar-refractivity contribution is 0.282. The molecule has 0 aliphatic carbocycles. The highest BCUT2D eigenvalue weighted by atomic mass is 35.5. The van der Waals surface area contributed by atoms with E-state index in [1.54, 1.807) is 7.11 Å². The van der Waals surface area contributed by atoms with Gasteiger partial charge in [-0.15, -0.1) is 0 Å². The number of benzene rings is 2. The standard InChI is InChI=1S/C21H22ClN3O2/c1-14-5-3-8-18(22)17(14)9-10-23-20-12-19(24-21(25-20)27-2)16-7-4-6-15(11-16)13-26/h3-8,11-12,26H,9-10,13H2,1-2H3,(H,23,24,25). The lowest BCUT2D eigenvalue weighted by Crippen LogP contribution is -2.09. The fourth-order valence-corrected chi connectivity index (χ4v) is 3.20. The van der Waals surface area contributed by atoms with E-state index in [1.165, 1.54) is 5.56 Å². The number of methoxy groups -OCH3 is 1. The van der Waals surface area contributed by atoms with Crippen molar-refractivity contribution in [2.45, 2.75) is 20.0 Å². The van der Waals surface area contributed by atoms with Gasteiger partial charge < -0.3 is 15.2 Å². The third-order valence-corrected chi connectivity index (χ3v) is 4.68. The van der Waals surface area contributed by atoms with Crippen molar-refractivity contribution in [2.24, 2.45) is 0 Å². The molecule has 2 aromatic carbocycles. The second-order valence-corrected chi connectivity index (χ2v) is 6.60. The summed E-state index contributed by atoms with van der Waals surface area (Å²) in [6, 6.07) is 15.7. The van der Waals surface area contributed by atoms with E-state index in [2.05, 4.69) is 28.3 Å². The van der Waals surface area contributed by atoms with Crippen molar-refractivity contribution in [3.63, 3.8) is 0 Å². The van der Waals surface area contributed by atoms with E-state index >= 15 is 0 Å². The number of aromatic nitrogens is 2. The minimum Gasteiger partial charge on any atom is -0.467 e. The molecule has 0 unspecified atom stereocenters. The Labute approximate surface area is 164 Å². The summed E-state index contributed by atoms with van der Waals surface area (Å²) in [5, 5.41) is 13.5. The molecule has 3 rings (SSSR count). The molecule has 0 radical (unpaired) electrons. The zero-order valence-electron chi connectivity index (χ0n) is 15.4. The number of hydrogen-bond acceptors (Lipinski definition) is 5. The topological polar surface area (TPSA) is 67.3 Å². The van der Waals surface area contributed by atoms with Crippen molar-refractivity contribution in [3.05, 3.63) is 70.2 Å². The summed E-state index contributed by atoms with van der Waals surface area (Å²) in [6.45, 7) is 2.72.